The Hall–Kier alpha value is -1.65. The zero-order chi connectivity index (χ0) is 12.6. The highest BCUT2D eigenvalue weighted by Crippen LogP contribution is 2.32. The van der Waals surface area contributed by atoms with Crippen LogP contribution in [0.1, 0.15) is 5.56 Å². The first-order valence-electron chi connectivity index (χ1n) is 6.05. The summed E-state index contributed by atoms with van der Waals surface area (Å²) >= 11 is 0. The van der Waals surface area contributed by atoms with Crippen molar-refractivity contribution in [1.82, 2.24) is 4.90 Å². The largest absolute Gasteiger partial charge is 0.387 e. The minimum absolute atomic E-state index is 0.146. The standard InChI is InChI=1S/C14H15NO3/c16-12-10-15(9-11-5-2-1-3-6-11)13(17)14(12)7-4-8-18-14/h1-7,12,16H,8-10H2/t12-,14+/m1/s1. The number of aliphatic hydroxyl groups excluding tert-OH is 1. The van der Waals surface area contributed by atoms with Crippen molar-refractivity contribution in [3.8, 4) is 0 Å². The summed E-state index contributed by atoms with van der Waals surface area (Å²) in [6.07, 6.45) is 2.69. The summed E-state index contributed by atoms with van der Waals surface area (Å²) in [5, 5.41) is 10.1. The van der Waals surface area contributed by atoms with E-state index >= 15 is 0 Å². The highest BCUT2D eigenvalue weighted by molar-refractivity contribution is 5.91. The van der Waals surface area contributed by atoms with E-state index in [2.05, 4.69) is 0 Å². The maximum absolute atomic E-state index is 12.3. The van der Waals surface area contributed by atoms with Gasteiger partial charge in [-0.05, 0) is 11.6 Å². The fourth-order valence-electron chi connectivity index (χ4n) is 2.55. The lowest BCUT2D eigenvalue weighted by molar-refractivity contribution is -0.146. The van der Waals surface area contributed by atoms with Gasteiger partial charge < -0.3 is 14.7 Å². The number of β-amino-alcohol motifs (C(OH)–C–C–N with tert-alkyl or cyclic N) is 1. The Morgan fingerprint density at radius 1 is 1.39 bits per heavy atom. The molecule has 3 rings (SSSR count). The molecule has 0 aromatic heterocycles. The number of aliphatic hydroxyl groups is 1. The quantitative estimate of drug-likeness (QED) is 0.781. The van der Waals surface area contributed by atoms with Gasteiger partial charge in [-0.2, -0.15) is 0 Å². The lowest BCUT2D eigenvalue weighted by Crippen LogP contribution is -2.44. The summed E-state index contributed by atoms with van der Waals surface area (Å²) < 4.78 is 5.44. The van der Waals surface area contributed by atoms with Gasteiger partial charge in [-0.25, -0.2) is 0 Å². The third-order valence-electron chi connectivity index (χ3n) is 3.51. The lowest BCUT2D eigenvalue weighted by atomic mass is 10.0. The molecule has 4 heteroatoms. The number of benzene rings is 1. The van der Waals surface area contributed by atoms with Gasteiger partial charge >= 0.3 is 0 Å². The normalized spacial score (nSPS) is 30.6. The molecule has 0 aliphatic carbocycles. The lowest BCUT2D eigenvalue weighted by Gasteiger charge is -2.22. The summed E-state index contributed by atoms with van der Waals surface area (Å²) in [6, 6.07) is 9.75. The molecule has 2 aliphatic heterocycles. The van der Waals surface area contributed by atoms with Gasteiger partial charge in [-0.15, -0.1) is 0 Å². The molecule has 2 atom stereocenters. The van der Waals surface area contributed by atoms with Crippen LogP contribution in [-0.4, -0.2) is 40.8 Å². The molecule has 1 N–H and O–H groups in total. The van der Waals surface area contributed by atoms with E-state index in [9.17, 15) is 9.90 Å². The molecule has 1 aromatic rings. The number of nitrogens with zero attached hydrogens (tertiary/aromatic N) is 1. The van der Waals surface area contributed by atoms with Crippen LogP contribution in [0.15, 0.2) is 42.5 Å². The molecule has 1 aromatic carbocycles. The number of amides is 1. The number of ether oxygens (including phenoxy) is 1. The van der Waals surface area contributed by atoms with Crippen LogP contribution >= 0.6 is 0 Å². The zero-order valence-electron chi connectivity index (χ0n) is 9.95. The van der Waals surface area contributed by atoms with E-state index in [1.54, 1.807) is 17.1 Å². The second-order valence-electron chi connectivity index (χ2n) is 4.69. The average Bonchev–Trinajstić information content (AvgIpc) is 2.95. The number of hydrogen-bond donors (Lipinski definition) is 1. The zero-order valence-corrected chi connectivity index (χ0v) is 9.95. The van der Waals surface area contributed by atoms with E-state index in [0.29, 0.717) is 19.7 Å². The van der Waals surface area contributed by atoms with Crippen molar-refractivity contribution in [3.05, 3.63) is 48.0 Å². The smallest absolute Gasteiger partial charge is 0.262 e. The van der Waals surface area contributed by atoms with Crippen LogP contribution in [0.25, 0.3) is 0 Å². The first kappa shape index (κ1) is 11.4. The third-order valence-corrected chi connectivity index (χ3v) is 3.51. The number of likely N-dealkylation sites (tertiary alicyclic amines) is 1. The second kappa shape index (κ2) is 4.23. The van der Waals surface area contributed by atoms with Crippen molar-refractivity contribution >= 4 is 5.91 Å². The van der Waals surface area contributed by atoms with Gasteiger partial charge in [0.15, 0.2) is 5.60 Å². The molecule has 0 saturated carbocycles. The Labute approximate surface area is 105 Å². The maximum Gasteiger partial charge on any atom is 0.262 e. The molecule has 94 valence electrons. The van der Waals surface area contributed by atoms with Crippen LogP contribution < -0.4 is 0 Å². The molecule has 1 spiro atoms. The van der Waals surface area contributed by atoms with E-state index < -0.39 is 11.7 Å². The predicted molar refractivity (Wildman–Crippen MR) is 65.7 cm³/mol. The third kappa shape index (κ3) is 1.65. The van der Waals surface area contributed by atoms with Crippen molar-refractivity contribution in [1.29, 1.82) is 0 Å². The van der Waals surface area contributed by atoms with E-state index in [1.165, 1.54) is 0 Å². The monoisotopic (exact) mass is 245 g/mol. The molecule has 0 bridgehead atoms. The summed E-state index contributed by atoms with van der Waals surface area (Å²) in [5.74, 6) is -0.146. The molecule has 2 heterocycles. The van der Waals surface area contributed by atoms with E-state index in [1.807, 2.05) is 30.3 Å². The number of rotatable bonds is 2. The Morgan fingerprint density at radius 2 is 2.17 bits per heavy atom. The molecule has 0 radical (unpaired) electrons. The van der Waals surface area contributed by atoms with Crippen LogP contribution in [0.3, 0.4) is 0 Å². The molecule has 0 unspecified atom stereocenters. The number of carbonyl (C=O) groups is 1. The molecule has 18 heavy (non-hydrogen) atoms. The van der Waals surface area contributed by atoms with Crippen molar-refractivity contribution in [3.63, 3.8) is 0 Å². The summed E-state index contributed by atoms with van der Waals surface area (Å²) in [7, 11) is 0. The van der Waals surface area contributed by atoms with Crippen LogP contribution in [0.5, 0.6) is 0 Å². The van der Waals surface area contributed by atoms with Crippen LogP contribution in [0, 0.1) is 0 Å². The molecular formula is C14H15NO3. The van der Waals surface area contributed by atoms with Gasteiger partial charge in [0.1, 0.15) is 6.10 Å². The van der Waals surface area contributed by atoms with Crippen molar-refractivity contribution < 1.29 is 14.6 Å². The maximum atomic E-state index is 12.3. The Morgan fingerprint density at radius 3 is 2.83 bits per heavy atom. The molecule has 1 amide bonds. The predicted octanol–water partition coefficient (Wildman–Crippen LogP) is 0.715. The molecule has 2 aliphatic rings. The number of hydrogen-bond acceptors (Lipinski definition) is 3. The fourth-order valence-corrected chi connectivity index (χ4v) is 2.55. The van der Waals surface area contributed by atoms with Crippen molar-refractivity contribution in [2.24, 2.45) is 0 Å². The summed E-state index contributed by atoms with van der Waals surface area (Å²) in [5.41, 5.74) is -0.0773. The summed E-state index contributed by atoms with van der Waals surface area (Å²) in [4.78, 5) is 14.0. The van der Waals surface area contributed by atoms with Crippen LogP contribution in [0.2, 0.25) is 0 Å². The highest BCUT2D eigenvalue weighted by atomic mass is 16.5. The summed E-state index contributed by atoms with van der Waals surface area (Å²) in [6.45, 7) is 1.22. The Balaban J connectivity index is 1.80. The van der Waals surface area contributed by atoms with Gasteiger partial charge in [0.25, 0.3) is 5.91 Å². The van der Waals surface area contributed by atoms with E-state index in [-0.39, 0.29) is 5.91 Å². The topological polar surface area (TPSA) is 49.8 Å². The van der Waals surface area contributed by atoms with Crippen LogP contribution in [0.4, 0.5) is 0 Å². The average molecular weight is 245 g/mol. The van der Waals surface area contributed by atoms with Gasteiger partial charge in [-0.3, -0.25) is 4.79 Å². The second-order valence-corrected chi connectivity index (χ2v) is 4.69. The van der Waals surface area contributed by atoms with Crippen molar-refractivity contribution in [2.45, 2.75) is 18.2 Å². The number of carbonyl (C=O) groups excluding carboxylic acids is 1. The van der Waals surface area contributed by atoms with Crippen molar-refractivity contribution in [2.75, 3.05) is 13.2 Å². The minimum atomic E-state index is -1.13. The Bertz CT molecular complexity index is 485. The van der Waals surface area contributed by atoms with Gasteiger partial charge in [0, 0.05) is 6.54 Å². The van der Waals surface area contributed by atoms with E-state index in [4.69, 9.17) is 4.74 Å². The fraction of sp³-hybridized carbons (Fsp3) is 0.357. The van der Waals surface area contributed by atoms with Gasteiger partial charge in [0.2, 0.25) is 0 Å². The molecular weight excluding hydrogens is 230 g/mol. The molecule has 1 fully saturated rings. The van der Waals surface area contributed by atoms with E-state index in [0.717, 1.165) is 5.56 Å². The highest BCUT2D eigenvalue weighted by Gasteiger charge is 2.54. The van der Waals surface area contributed by atoms with Crippen LogP contribution in [-0.2, 0) is 16.1 Å². The first-order chi connectivity index (χ1) is 8.72. The van der Waals surface area contributed by atoms with Gasteiger partial charge in [0.05, 0.1) is 13.2 Å². The SMILES string of the molecule is O=C1N(Cc2ccccc2)C[C@@H](O)[C@@]12C=CCO2. The first-order valence-corrected chi connectivity index (χ1v) is 6.05. The molecule has 1 saturated heterocycles. The van der Waals surface area contributed by atoms with Gasteiger partial charge in [-0.1, -0.05) is 36.4 Å². The molecule has 4 nitrogen and oxygen atoms in total. The minimum Gasteiger partial charge on any atom is -0.387 e. The Kier molecular flexibility index (Phi) is 2.69.